The van der Waals surface area contributed by atoms with E-state index in [9.17, 15) is 5.11 Å². The van der Waals surface area contributed by atoms with Gasteiger partial charge in [-0.25, -0.2) is 0 Å². The topological polar surface area (TPSA) is 29.5 Å². The van der Waals surface area contributed by atoms with Gasteiger partial charge in [-0.05, 0) is 36.6 Å². The van der Waals surface area contributed by atoms with Crippen LogP contribution in [0.2, 0.25) is 0 Å². The third kappa shape index (κ3) is 3.06. The second-order valence-corrected chi connectivity index (χ2v) is 5.82. The summed E-state index contributed by atoms with van der Waals surface area (Å²) < 4.78 is 7.46. The molecule has 2 nitrogen and oxygen atoms in total. The van der Waals surface area contributed by atoms with Crippen molar-refractivity contribution in [3.05, 3.63) is 32.7 Å². The van der Waals surface area contributed by atoms with Gasteiger partial charge in [0.1, 0.15) is 0 Å². The van der Waals surface area contributed by atoms with Crippen molar-refractivity contribution in [1.82, 2.24) is 0 Å². The molecular weight excluding hydrogens is 336 g/mol. The molecule has 1 aliphatic rings. The quantitative estimate of drug-likeness (QED) is 0.898. The standard InChI is InChI=1S/C12H14Br2O2/c13-8-3-4-11(14)10(6-8)12(15)7-9-2-1-5-16-9/h3-4,6,9,12,15H,1-2,5,7H2. The number of hydrogen-bond acceptors (Lipinski definition) is 2. The van der Waals surface area contributed by atoms with Crippen molar-refractivity contribution in [3.8, 4) is 0 Å². The molecule has 2 unspecified atom stereocenters. The van der Waals surface area contributed by atoms with Crippen LogP contribution in [0.4, 0.5) is 0 Å². The average Bonchev–Trinajstić information content (AvgIpc) is 2.74. The lowest BCUT2D eigenvalue weighted by atomic mass is 10.0. The van der Waals surface area contributed by atoms with Gasteiger partial charge >= 0.3 is 0 Å². The Morgan fingerprint density at radius 1 is 1.44 bits per heavy atom. The minimum absolute atomic E-state index is 0.209. The summed E-state index contributed by atoms with van der Waals surface area (Å²) in [6.07, 6.45) is 2.59. The zero-order valence-corrected chi connectivity index (χ0v) is 12.0. The minimum atomic E-state index is -0.463. The van der Waals surface area contributed by atoms with E-state index in [2.05, 4.69) is 31.9 Å². The highest BCUT2D eigenvalue weighted by Gasteiger charge is 2.21. The fourth-order valence-corrected chi connectivity index (χ4v) is 2.87. The van der Waals surface area contributed by atoms with Crippen LogP contribution in [0.15, 0.2) is 27.1 Å². The summed E-state index contributed by atoms with van der Waals surface area (Å²) in [5, 5.41) is 10.2. The van der Waals surface area contributed by atoms with Gasteiger partial charge in [0.15, 0.2) is 0 Å². The summed E-state index contributed by atoms with van der Waals surface area (Å²) in [7, 11) is 0. The Balaban J connectivity index is 2.07. The summed E-state index contributed by atoms with van der Waals surface area (Å²) in [5.74, 6) is 0. The van der Waals surface area contributed by atoms with Gasteiger partial charge < -0.3 is 9.84 Å². The van der Waals surface area contributed by atoms with Crippen LogP contribution in [-0.4, -0.2) is 17.8 Å². The summed E-state index contributed by atoms with van der Waals surface area (Å²) in [4.78, 5) is 0. The van der Waals surface area contributed by atoms with E-state index in [0.717, 1.165) is 34.0 Å². The third-order valence-corrected chi connectivity index (χ3v) is 4.04. The first-order valence-electron chi connectivity index (χ1n) is 5.41. The lowest BCUT2D eigenvalue weighted by molar-refractivity contribution is 0.0532. The Bertz CT molecular complexity index is 362. The smallest absolute Gasteiger partial charge is 0.0826 e. The highest BCUT2D eigenvalue weighted by molar-refractivity contribution is 9.11. The number of hydrogen-bond donors (Lipinski definition) is 1. The molecule has 16 heavy (non-hydrogen) atoms. The van der Waals surface area contributed by atoms with E-state index in [1.54, 1.807) is 0 Å². The van der Waals surface area contributed by atoms with Gasteiger partial charge in [-0.2, -0.15) is 0 Å². The highest BCUT2D eigenvalue weighted by Crippen LogP contribution is 2.31. The van der Waals surface area contributed by atoms with Crippen molar-refractivity contribution in [2.24, 2.45) is 0 Å². The van der Waals surface area contributed by atoms with E-state index in [1.165, 1.54) is 0 Å². The van der Waals surface area contributed by atoms with E-state index in [1.807, 2.05) is 18.2 Å². The van der Waals surface area contributed by atoms with Crippen molar-refractivity contribution < 1.29 is 9.84 Å². The molecule has 0 radical (unpaired) electrons. The zero-order chi connectivity index (χ0) is 11.5. The van der Waals surface area contributed by atoms with E-state index in [0.29, 0.717) is 6.42 Å². The summed E-state index contributed by atoms with van der Waals surface area (Å²) in [6, 6.07) is 5.84. The first-order chi connectivity index (χ1) is 7.66. The predicted molar refractivity (Wildman–Crippen MR) is 70.4 cm³/mol. The molecule has 1 fully saturated rings. The van der Waals surface area contributed by atoms with Crippen molar-refractivity contribution in [3.63, 3.8) is 0 Å². The summed E-state index contributed by atoms with van der Waals surface area (Å²) in [6.45, 7) is 0.830. The van der Waals surface area contributed by atoms with E-state index in [-0.39, 0.29) is 6.10 Å². The monoisotopic (exact) mass is 348 g/mol. The molecule has 1 aliphatic heterocycles. The molecule has 1 aromatic carbocycles. The van der Waals surface area contributed by atoms with Crippen LogP contribution >= 0.6 is 31.9 Å². The van der Waals surface area contributed by atoms with Crippen molar-refractivity contribution in [2.45, 2.75) is 31.5 Å². The normalized spacial score (nSPS) is 22.3. The van der Waals surface area contributed by atoms with Crippen LogP contribution in [0, 0.1) is 0 Å². The Hall–Kier alpha value is 0.1000. The van der Waals surface area contributed by atoms with Crippen LogP contribution in [0.5, 0.6) is 0 Å². The number of ether oxygens (including phenoxy) is 1. The molecule has 4 heteroatoms. The van der Waals surface area contributed by atoms with Crippen LogP contribution in [0.25, 0.3) is 0 Å². The maximum Gasteiger partial charge on any atom is 0.0826 e. The van der Waals surface area contributed by atoms with E-state index < -0.39 is 6.10 Å². The van der Waals surface area contributed by atoms with Crippen LogP contribution < -0.4 is 0 Å². The molecular formula is C12H14Br2O2. The molecule has 0 saturated carbocycles. The maximum absolute atomic E-state index is 10.2. The van der Waals surface area contributed by atoms with Gasteiger partial charge in [0, 0.05) is 22.0 Å². The summed E-state index contributed by atoms with van der Waals surface area (Å²) in [5.41, 5.74) is 0.921. The van der Waals surface area contributed by atoms with Gasteiger partial charge in [-0.15, -0.1) is 0 Å². The molecule has 1 aromatic rings. The first kappa shape index (κ1) is 12.6. The largest absolute Gasteiger partial charge is 0.388 e. The van der Waals surface area contributed by atoms with Crippen molar-refractivity contribution >= 4 is 31.9 Å². The van der Waals surface area contributed by atoms with Gasteiger partial charge in [0.2, 0.25) is 0 Å². The van der Waals surface area contributed by atoms with Crippen LogP contribution in [0.1, 0.15) is 30.9 Å². The molecule has 0 spiro atoms. The third-order valence-electron chi connectivity index (χ3n) is 2.83. The SMILES string of the molecule is OC(CC1CCCO1)c1cc(Br)ccc1Br. The Labute approximate surface area is 112 Å². The van der Waals surface area contributed by atoms with Crippen molar-refractivity contribution in [1.29, 1.82) is 0 Å². The number of aliphatic hydroxyl groups excluding tert-OH is 1. The fourth-order valence-electron chi connectivity index (χ4n) is 1.98. The molecule has 0 aliphatic carbocycles. The second-order valence-electron chi connectivity index (χ2n) is 4.05. The van der Waals surface area contributed by atoms with Gasteiger partial charge in [-0.1, -0.05) is 31.9 Å². The lowest BCUT2D eigenvalue weighted by Crippen LogP contribution is -2.11. The van der Waals surface area contributed by atoms with Crippen LogP contribution in [-0.2, 0) is 4.74 Å². The number of benzene rings is 1. The molecule has 0 aromatic heterocycles. The number of aliphatic hydroxyl groups is 1. The molecule has 1 N–H and O–H groups in total. The molecule has 1 saturated heterocycles. The molecule has 0 amide bonds. The van der Waals surface area contributed by atoms with E-state index >= 15 is 0 Å². The van der Waals surface area contributed by atoms with Gasteiger partial charge in [0.25, 0.3) is 0 Å². The average molecular weight is 350 g/mol. The Morgan fingerprint density at radius 3 is 2.94 bits per heavy atom. The second kappa shape index (κ2) is 5.63. The fraction of sp³-hybridized carbons (Fsp3) is 0.500. The molecule has 2 rings (SSSR count). The van der Waals surface area contributed by atoms with Crippen molar-refractivity contribution in [2.75, 3.05) is 6.61 Å². The van der Waals surface area contributed by atoms with E-state index in [4.69, 9.17) is 4.74 Å². The minimum Gasteiger partial charge on any atom is -0.388 e. The molecule has 1 heterocycles. The van der Waals surface area contributed by atoms with Gasteiger partial charge in [-0.3, -0.25) is 0 Å². The van der Waals surface area contributed by atoms with Gasteiger partial charge in [0.05, 0.1) is 12.2 Å². The number of halogens is 2. The highest BCUT2D eigenvalue weighted by atomic mass is 79.9. The predicted octanol–water partition coefficient (Wildman–Crippen LogP) is 3.81. The Kier molecular flexibility index (Phi) is 4.41. The maximum atomic E-state index is 10.2. The first-order valence-corrected chi connectivity index (χ1v) is 7.00. The zero-order valence-electron chi connectivity index (χ0n) is 8.83. The molecule has 0 bridgehead atoms. The van der Waals surface area contributed by atoms with Crippen LogP contribution in [0.3, 0.4) is 0 Å². The Morgan fingerprint density at radius 2 is 2.25 bits per heavy atom. The number of rotatable bonds is 3. The summed E-state index contributed by atoms with van der Waals surface area (Å²) >= 11 is 6.87. The molecule has 2 atom stereocenters. The molecule has 88 valence electrons. The lowest BCUT2D eigenvalue weighted by Gasteiger charge is -2.17.